The van der Waals surface area contributed by atoms with E-state index in [4.69, 9.17) is 15.9 Å². The summed E-state index contributed by atoms with van der Waals surface area (Å²) < 4.78 is 16.7. The van der Waals surface area contributed by atoms with Gasteiger partial charge in [0.1, 0.15) is 29.7 Å². The lowest BCUT2D eigenvalue weighted by atomic mass is 9.53. The van der Waals surface area contributed by atoms with Gasteiger partial charge in [0.25, 0.3) is 0 Å². The predicted octanol–water partition coefficient (Wildman–Crippen LogP) is 1.62. The molecule has 190 valence electrons. The second kappa shape index (κ2) is 8.75. The molecule has 1 saturated heterocycles. The highest BCUT2D eigenvalue weighted by molar-refractivity contribution is 5.75. The van der Waals surface area contributed by atoms with E-state index < -0.39 is 47.7 Å². The van der Waals surface area contributed by atoms with Crippen molar-refractivity contribution in [1.29, 1.82) is 0 Å². The first kappa shape index (κ1) is 24.5. The Morgan fingerprint density at radius 3 is 2.63 bits per heavy atom. The molecule has 35 heavy (non-hydrogen) atoms. The van der Waals surface area contributed by atoms with Crippen molar-refractivity contribution in [2.75, 3.05) is 7.11 Å². The van der Waals surface area contributed by atoms with Crippen LogP contribution in [0.2, 0.25) is 0 Å². The maximum atomic E-state index is 12.1. The van der Waals surface area contributed by atoms with Crippen LogP contribution in [0.15, 0.2) is 18.2 Å². The van der Waals surface area contributed by atoms with E-state index in [9.17, 15) is 25.2 Å². The minimum absolute atomic E-state index is 0.284. The predicted molar refractivity (Wildman–Crippen MR) is 124 cm³/mol. The number of methoxy groups -OCH3 is 1. The molecule has 1 aliphatic heterocycles. The second-order valence-corrected chi connectivity index (χ2v) is 10.8. The fourth-order valence-corrected chi connectivity index (χ4v) is 7.49. The summed E-state index contributed by atoms with van der Waals surface area (Å²) in [4.78, 5) is 12.1. The third-order valence-corrected chi connectivity index (χ3v) is 9.38. The number of carbonyl (C=O) groups is 1. The Kier molecular flexibility index (Phi) is 6.14. The first-order chi connectivity index (χ1) is 16.7. The van der Waals surface area contributed by atoms with E-state index in [0.29, 0.717) is 24.0 Å². The maximum absolute atomic E-state index is 12.1. The zero-order valence-corrected chi connectivity index (χ0v) is 20.1. The smallest absolute Gasteiger partial charge is 0.337 e. The highest BCUT2D eigenvalue weighted by Crippen LogP contribution is 2.65. The van der Waals surface area contributed by atoms with Crippen LogP contribution < -0.4 is 0 Å². The summed E-state index contributed by atoms with van der Waals surface area (Å²) in [5, 5.41) is 41.2. The molecule has 3 fully saturated rings. The second-order valence-electron chi connectivity index (χ2n) is 10.8. The summed E-state index contributed by atoms with van der Waals surface area (Å²) in [6, 6.07) is 5.69. The van der Waals surface area contributed by atoms with Gasteiger partial charge >= 0.3 is 5.97 Å². The molecule has 4 aliphatic rings. The number of benzene rings is 1. The van der Waals surface area contributed by atoms with Gasteiger partial charge in [-0.25, -0.2) is 4.79 Å². The summed E-state index contributed by atoms with van der Waals surface area (Å²) in [7, 11) is 1.15. The fourth-order valence-electron chi connectivity index (χ4n) is 7.49. The quantitative estimate of drug-likeness (QED) is 0.375. The van der Waals surface area contributed by atoms with Gasteiger partial charge in [0, 0.05) is 5.41 Å². The molecule has 1 aromatic carbocycles. The van der Waals surface area contributed by atoms with Crippen LogP contribution in [0, 0.1) is 29.6 Å². The van der Waals surface area contributed by atoms with Crippen molar-refractivity contribution in [2.45, 2.75) is 87.7 Å². The molecule has 2 saturated carbocycles. The lowest BCUT2D eigenvalue weighted by Gasteiger charge is -2.54. The van der Waals surface area contributed by atoms with Gasteiger partial charge in [-0.15, -0.1) is 6.42 Å². The van der Waals surface area contributed by atoms with E-state index in [-0.39, 0.29) is 5.92 Å². The number of carbonyl (C=O) groups excluding carboxylic acids is 1. The van der Waals surface area contributed by atoms with Gasteiger partial charge in [0.2, 0.25) is 0 Å². The number of terminal acetylenes is 1. The number of hydrogen-bond acceptors (Lipinski definition) is 8. The molecule has 8 heteroatoms. The minimum Gasteiger partial charge on any atom is -0.508 e. The van der Waals surface area contributed by atoms with Gasteiger partial charge in [0.05, 0.1) is 7.11 Å². The summed E-state index contributed by atoms with van der Waals surface area (Å²) in [5.41, 5.74) is 1.06. The topological polar surface area (TPSA) is 126 Å². The van der Waals surface area contributed by atoms with E-state index in [1.54, 1.807) is 6.07 Å². The Balaban J connectivity index is 1.42. The Hall–Kier alpha value is -2.15. The highest BCUT2D eigenvalue weighted by atomic mass is 16.7. The molecule has 3 aliphatic carbocycles. The highest BCUT2D eigenvalue weighted by Gasteiger charge is 2.64. The van der Waals surface area contributed by atoms with Crippen LogP contribution in [0.1, 0.15) is 56.1 Å². The lowest BCUT2D eigenvalue weighted by Crippen LogP contribution is -2.63. The number of phenols is 1. The van der Waals surface area contributed by atoms with Crippen LogP contribution in [-0.4, -0.2) is 69.8 Å². The van der Waals surface area contributed by atoms with Crippen LogP contribution >= 0.6 is 0 Å². The number of phenolic OH excluding ortho intramolecular Hbond substituents is 1. The van der Waals surface area contributed by atoms with E-state index in [1.165, 1.54) is 11.1 Å². The maximum Gasteiger partial charge on any atom is 0.337 e. The van der Waals surface area contributed by atoms with Crippen LogP contribution in [0.25, 0.3) is 0 Å². The third kappa shape index (κ3) is 3.59. The van der Waals surface area contributed by atoms with Crippen molar-refractivity contribution in [3.63, 3.8) is 0 Å². The molecule has 0 aromatic heterocycles. The Labute approximate surface area is 205 Å². The van der Waals surface area contributed by atoms with Crippen LogP contribution in [0.5, 0.6) is 5.75 Å². The SMILES string of the molecule is C#C[C@@]1(O[C@@H]2O[C@H](C(=O)OC)[C@@H](O)[C@H](O)[C@H]2O)CC[C@H]2[C@@H]3CCc4cc(O)ccc4[C@H]3CC[C@@]21C. The van der Waals surface area contributed by atoms with Gasteiger partial charge in [-0.3, -0.25) is 0 Å². The van der Waals surface area contributed by atoms with Gasteiger partial charge in [0.15, 0.2) is 12.4 Å². The Morgan fingerprint density at radius 2 is 1.91 bits per heavy atom. The summed E-state index contributed by atoms with van der Waals surface area (Å²) in [5.74, 6) is 3.41. The van der Waals surface area contributed by atoms with E-state index >= 15 is 0 Å². The Morgan fingerprint density at radius 1 is 1.14 bits per heavy atom. The average molecular weight is 487 g/mol. The molecular weight excluding hydrogens is 452 g/mol. The molecule has 5 rings (SSSR count). The molecular formula is C27H34O8. The van der Waals surface area contributed by atoms with Crippen molar-refractivity contribution in [3.05, 3.63) is 29.3 Å². The first-order valence-corrected chi connectivity index (χ1v) is 12.4. The number of rotatable bonds is 3. The van der Waals surface area contributed by atoms with Gasteiger partial charge < -0.3 is 34.6 Å². The number of aromatic hydroxyl groups is 1. The molecule has 0 amide bonds. The fraction of sp³-hybridized carbons (Fsp3) is 0.667. The van der Waals surface area contributed by atoms with Crippen molar-refractivity contribution in [2.24, 2.45) is 17.3 Å². The minimum atomic E-state index is -1.65. The Bertz CT molecular complexity index is 1030. The first-order valence-electron chi connectivity index (χ1n) is 12.4. The lowest BCUT2D eigenvalue weighted by molar-refractivity contribution is -0.324. The number of esters is 1. The van der Waals surface area contributed by atoms with Crippen molar-refractivity contribution in [3.8, 4) is 18.1 Å². The molecule has 0 unspecified atom stereocenters. The zero-order valence-electron chi connectivity index (χ0n) is 20.1. The van der Waals surface area contributed by atoms with Crippen LogP contribution in [-0.2, 0) is 25.4 Å². The third-order valence-electron chi connectivity index (χ3n) is 9.38. The van der Waals surface area contributed by atoms with Gasteiger partial charge in [-0.1, -0.05) is 18.9 Å². The van der Waals surface area contributed by atoms with Gasteiger partial charge in [-0.2, -0.15) is 0 Å². The summed E-state index contributed by atoms with van der Waals surface area (Å²) in [6.07, 6.45) is 3.39. The zero-order chi connectivity index (χ0) is 25.1. The normalized spacial score (nSPS) is 44.5. The summed E-state index contributed by atoms with van der Waals surface area (Å²) >= 11 is 0. The van der Waals surface area contributed by atoms with Crippen molar-refractivity contribution >= 4 is 5.97 Å². The van der Waals surface area contributed by atoms with E-state index in [1.807, 2.05) is 6.07 Å². The van der Waals surface area contributed by atoms with E-state index in [0.717, 1.165) is 39.2 Å². The molecule has 1 aromatic rings. The average Bonchev–Trinajstić information content (AvgIpc) is 3.15. The number of aliphatic hydroxyl groups excluding tert-OH is 3. The number of aryl methyl sites for hydroxylation is 1. The van der Waals surface area contributed by atoms with Crippen molar-refractivity contribution < 1.29 is 39.4 Å². The number of ether oxygens (including phenoxy) is 3. The van der Waals surface area contributed by atoms with Gasteiger partial charge in [-0.05, 0) is 79.5 Å². The number of aliphatic hydroxyl groups is 3. The number of fused-ring (bicyclic) bond motifs is 5. The molecule has 4 N–H and O–H groups in total. The van der Waals surface area contributed by atoms with E-state index in [2.05, 4.69) is 23.6 Å². The molecule has 10 atom stereocenters. The largest absolute Gasteiger partial charge is 0.508 e. The monoisotopic (exact) mass is 486 g/mol. The standard InChI is InChI=1S/C27H34O8/c1-4-27(35-25-22(31)20(29)21(30)23(34-25)24(32)33-3)12-10-19-18-7-5-14-13-15(28)6-8-16(14)17(18)9-11-26(19,27)2/h1,6,8,13,17-23,25,28-31H,5,7,9-12H2,2-3H3/t17-,18-,19+,20+,21+,22-,23+,25+,26+,27-/m1/s1. The molecule has 0 radical (unpaired) electrons. The summed E-state index contributed by atoms with van der Waals surface area (Å²) in [6.45, 7) is 2.14. The molecule has 0 spiro atoms. The number of hydrogen-bond donors (Lipinski definition) is 4. The molecule has 1 heterocycles. The molecule has 8 nitrogen and oxygen atoms in total. The van der Waals surface area contributed by atoms with Crippen LogP contribution in [0.4, 0.5) is 0 Å². The van der Waals surface area contributed by atoms with Crippen molar-refractivity contribution in [1.82, 2.24) is 0 Å². The van der Waals surface area contributed by atoms with Crippen LogP contribution in [0.3, 0.4) is 0 Å². The molecule has 0 bridgehead atoms.